The molecule has 0 radical (unpaired) electrons. The van der Waals surface area contributed by atoms with E-state index in [1.807, 2.05) is 0 Å². The van der Waals surface area contributed by atoms with E-state index >= 15 is 0 Å². The zero-order chi connectivity index (χ0) is 15.8. The van der Waals surface area contributed by atoms with E-state index in [0.717, 1.165) is 12.1 Å². The van der Waals surface area contributed by atoms with E-state index < -0.39 is 23.7 Å². The number of urea groups is 1. The van der Waals surface area contributed by atoms with Gasteiger partial charge in [0, 0.05) is 19.2 Å². The van der Waals surface area contributed by atoms with Crippen LogP contribution in [0.3, 0.4) is 0 Å². The zero-order valence-corrected chi connectivity index (χ0v) is 10.9. The molecule has 112 valence electrons. The van der Waals surface area contributed by atoms with Crippen molar-refractivity contribution in [3.05, 3.63) is 41.2 Å². The molecule has 0 saturated carbocycles. The second kappa shape index (κ2) is 7.63. The van der Waals surface area contributed by atoms with E-state index in [1.54, 1.807) is 0 Å². The van der Waals surface area contributed by atoms with Gasteiger partial charge in [0.25, 0.3) is 5.91 Å². The van der Waals surface area contributed by atoms with Crippen LogP contribution in [0.25, 0.3) is 6.08 Å². The topological polar surface area (TPSA) is 122 Å². The van der Waals surface area contributed by atoms with Crippen molar-refractivity contribution in [2.75, 3.05) is 13.1 Å². The van der Waals surface area contributed by atoms with Crippen LogP contribution >= 0.6 is 0 Å². The third-order valence-corrected chi connectivity index (χ3v) is 2.37. The summed E-state index contributed by atoms with van der Waals surface area (Å²) in [6.45, 7) is 0.226. The number of aliphatic carboxylic acids is 1. The van der Waals surface area contributed by atoms with Gasteiger partial charge in [-0.1, -0.05) is 6.07 Å². The minimum atomic E-state index is -1.15. The zero-order valence-electron chi connectivity index (χ0n) is 10.9. The largest absolute Gasteiger partial charge is 0.478 e. The van der Waals surface area contributed by atoms with Crippen LogP contribution in [0.1, 0.15) is 15.9 Å². The predicted molar refractivity (Wildman–Crippen MR) is 73.0 cm³/mol. The average molecular weight is 295 g/mol. The first kappa shape index (κ1) is 16.2. The highest BCUT2D eigenvalue weighted by Crippen LogP contribution is 2.11. The van der Waals surface area contributed by atoms with Gasteiger partial charge in [0.15, 0.2) is 0 Å². The Bertz CT molecular complexity index is 587. The summed E-state index contributed by atoms with van der Waals surface area (Å²) in [4.78, 5) is 32.4. The van der Waals surface area contributed by atoms with E-state index in [2.05, 4.69) is 10.6 Å². The molecule has 1 aromatic rings. The first-order valence-corrected chi connectivity index (χ1v) is 5.92. The van der Waals surface area contributed by atoms with Crippen molar-refractivity contribution in [1.82, 2.24) is 10.6 Å². The molecule has 0 aliphatic heterocycles. The van der Waals surface area contributed by atoms with Gasteiger partial charge in [-0.3, -0.25) is 4.79 Å². The Hall–Kier alpha value is -2.90. The lowest BCUT2D eigenvalue weighted by atomic mass is 10.1. The van der Waals surface area contributed by atoms with Crippen molar-refractivity contribution in [1.29, 1.82) is 0 Å². The summed E-state index contributed by atoms with van der Waals surface area (Å²) in [6.07, 6.45) is 2.08. The van der Waals surface area contributed by atoms with Gasteiger partial charge in [0.1, 0.15) is 5.82 Å². The molecule has 0 atom stereocenters. The number of rotatable bonds is 6. The molecule has 0 fully saturated rings. The Labute approximate surface area is 119 Å². The summed E-state index contributed by atoms with van der Waals surface area (Å²) in [6, 6.07) is 2.99. The maximum atomic E-state index is 13.7. The number of primary amides is 1. The molecule has 1 rings (SSSR count). The molecule has 1 aromatic carbocycles. The number of carboxylic acid groups (broad SMARTS) is 1. The summed E-state index contributed by atoms with van der Waals surface area (Å²) < 4.78 is 13.7. The Balaban J connectivity index is 2.64. The SMILES string of the molecule is NC(=O)NCCNC(=O)c1ccc(/C=C/C(=O)O)cc1F. The standard InChI is InChI=1S/C13H14FN3O4/c14-10-7-8(2-4-11(18)19)1-3-9(10)12(20)16-5-6-17-13(15)21/h1-4,7H,5-6H2,(H,16,20)(H,18,19)(H3,15,17,21)/b4-2+. The second-order valence-electron chi connectivity index (χ2n) is 3.96. The number of carbonyl (C=O) groups excluding carboxylic acids is 2. The van der Waals surface area contributed by atoms with E-state index in [-0.39, 0.29) is 18.7 Å². The fourth-order valence-corrected chi connectivity index (χ4v) is 1.44. The van der Waals surface area contributed by atoms with Crippen LogP contribution in [0.15, 0.2) is 24.3 Å². The van der Waals surface area contributed by atoms with Crippen LogP contribution in [0, 0.1) is 5.82 Å². The maximum absolute atomic E-state index is 13.7. The van der Waals surface area contributed by atoms with Crippen molar-refractivity contribution in [2.24, 2.45) is 5.73 Å². The second-order valence-corrected chi connectivity index (χ2v) is 3.96. The lowest BCUT2D eigenvalue weighted by Gasteiger charge is -2.07. The van der Waals surface area contributed by atoms with Crippen LogP contribution in [0.4, 0.5) is 9.18 Å². The Morgan fingerprint density at radius 2 is 1.90 bits per heavy atom. The number of nitrogens with two attached hydrogens (primary N) is 1. The molecule has 0 spiro atoms. The van der Waals surface area contributed by atoms with Crippen molar-refractivity contribution in [3.8, 4) is 0 Å². The van der Waals surface area contributed by atoms with E-state index in [1.165, 1.54) is 18.2 Å². The van der Waals surface area contributed by atoms with Gasteiger partial charge in [-0.25, -0.2) is 14.0 Å². The van der Waals surface area contributed by atoms with Crippen molar-refractivity contribution in [3.63, 3.8) is 0 Å². The molecule has 0 aromatic heterocycles. The number of hydrogen-bond acceptors (Lipinski definition) is 3. The first-order valence-electron chi connectivity index (χ1n) is 5.92. The summed E-state index contributed by atoms with van der Waals surface area (Å²) in [5, 5.41) is 13.1. The fraction of sp³-hybridized carbons (Fsp3) is 0.154. The van der Waals surface area contributed by atoms with Gasteiger partial charge in [-0.2, -0.15) is 0 Å². The number of halogens is 1. The molecular formula is C13H14FN3O4. The van der Waals surface area contributed by atoms with Gasteiger partial charge in [-0.15, -0.1) is 0 Å². The maximum Gasteiger partial charge on any atom is 0.328 e. The van der Waals surface area contributed by atoms with Crippen LogP contribution < -0.4 is 16.4 Å². The summed E-state index contributed by atoms with van der Waals surface area (Å²) >= 11 is 0. The Kier molecular flexibility index (Phi) is 5.87. The molecule has 0 bridgehead atoms. The van der Waals surface area contributed by atoms with Crippen molar-refractivity contribution < 1.29 is 23.9 Å². The summed E-state index contributed by atoms with van der Waals surface area (Å²) in [5.41, 5.74) is 4.98. The van der Waals surface area contributed by atoms with Gasteiger partial charge in [0.05, 0.1) is 5.56 Å². The van der Waals surface area contributed by atoms with Crippen LogP contribution in [0.5, 0.6) is 0 Å². The van der Waals surface area contributed by atoms with Gasteiger partial charge >= 0.3 is 12.0 Å². The van der Waals surface area contributed by atoms with Gasteiger partial charge < -0.3 is 21.5 Å². The third kappa shape index (κ3) is 5.72. The van der Waals surface area contributed by atoms with E-state index in [4.69, 9.17) is 10.8 Å². The smallest absolute Gasteiger partial charge is 0.328 e. The molecule has 0 heterocycles. The predicted octanol–water partition coefficient (Wildman–Crippen LogP) is 0.322. The highest BCUT2D eigenvalue weighted by atomic mass is 19.1. The summed E-state index contributed by atoms with van der Waals surface area (Å²) in [5.74, 6) is -2.57. The number of carboxylic acids is 1. The molecule has 0 unspecified atom stereocenters. The molecule has 3 amide bonds. The molecule has 0 aliphatic rings. The minimum absolute atomic E-state index is 0.0991. The Morgan fingerprint density at radius 1 is 1.24 bits per heavy atom. The molecule has 8 heteroatoms. The van der Waals surface area contributed by atoms with Crippen molar-refractivity contribution >= 4 is 24.0 Å². The highest BCUT2D eigenvalue weighted by molar-refractivity contribution is 5.94. The van der Waals surface area contributed by atoms with Crippen LogP contribution in [0.2, 0.25) is 0 Å². The molecule has 0 saturated heterocycles. The molecular weight excluding hydrogens is 281 g/mol. The number of nitrogens with one attached hydrogen (secondary N) is 2. The quantitative estimate of drug-likeness (QED) is 0.446. The highest BCUT2D eigenvalue weighted by Gasteiger charge is 2.11. The Morgan fingerprint density at radius 3 is 2.48 bits per heavy atom. The molecule has 0 aliphatic carbocycles. The average Bonchev–Trinajstić information content (AvgIpc) is 2.41. The first-order chi connectivity index (χ1) is 9.90. The van der Waals surface area contributed by atoms with E-state index in [9.17, 15) is 18.8 Å². The number of benzene rings is 1. The van der Waals surface area contributed by atoms with Crippen molar-refractivity contribution in [2.45, 2.75) is 0 Å². The molecule has 7 nitrogen and oxygen atoms in total. The van der Waals surface area contributed by atoms with Crippen LogP contribution in [-0.2, 0) is 4.79 Å². The molecule has 5 N–H and O–H groups in total. The third-order valence-electron chi connectivity index (χ3n) is 2.37. The number of hydrogen-bond donors (Lipinski definition) is 4. The number of carbonyl (C=O) groups is 3. The minimum Gasteiger partial charge on any atom is -0.478 e. The lowest BCUT2D eigenvalue weighted by molar-refractivity contribution is -0.131. The lowest BCUT2D eigenvalue weighted by Crippen LogP contribution is -2.37. The van der Waals surface area contributed by atoms with Gasteiger partial charge in [0.2, 0.25) is 0 Å². The van der Waals surface area contributed by atoms with E-state index in [0.29, 0.717) is 5.56 Å². The number of amides is 3. The van der Waals surface area contributed by atoms with Crippen LogP contribution in [-0.4, -0.2) is 36.1 Å². The monoisotopic (exact) mass is 295 g/mol. The molecule has 21 heavy (non-hydrogen) atoms. The fourth-order valence-electron chi connectivity index (χ4n) is 1.44. The summed E-state index contributed by atoms with van der Waals surface area (Å²) in [7, 11) is 0. The van der Waals surface area contributed by atoms with Gasteiger partial charge in [-0.05, 0) is 23.8 Å². The normalized spacial score (nSPS) is 10.3.